The van der Waals surface area contributed by atoms with Gasteiger partial charge in [0.25, 0.3) is 0 Å². The number of nitrogens with zero attached hydrogens (tertiary/aromatic N) is 1. The van der Waals surface area contributed by atoms with E-state index in [-0.39, 0.29) is 0 Å². The van der Waals surface area contributed by atoms with E-state index in [1.54, 1.807) is 0 Å². The Morgan fingerprint density at radius 2 is 1.74 bits per heavy atom. The van der Waals surface area contributed by atoms with E-state index >= 15 is 0 Å². The van der Waals surface area contributed by atoms with Crippen LogP contribution in [0.4, 0.5) is 0 Å². The summed E-state index contributed by atoms with van der Waals surface area (Å²) in [4.78, 5) is 2.63. The van der Waals surface area contributed by atoms with Gasteiger partial charge in [0.1, 0.15) is 0 Å². The van der Waals surface area contributed by atoms with Crippen molar-refractivity contribution >= 4 is 0 Å². The molecule has 0 aromatic rings. The smallest absolute Gasteiger partial charge is 0.00474 e. The van der Waals surface area contributed by atoms with E-state index in [1.165, 1.54) is 32.5 Å². The lowest BCUT2D eigenvalue weighted by atomic mass is 9.86. The van der Waals surface area contributed by atoms with Gasteiger partial charge in [-0.3, -0.25) is 0 Å². The molecule has 0 fully saturated rings. The minimum atomic E-state index is 0.401. The second-order valence-corrected chi connectivity index (χ2v) is 7.03. The number of rotatable bonds is 11. The van der Waals surface area contributed by atoms with Gasteiger partial charge in [-0.05, 0) is 36.8 Å². The Labute approximate surface area is 122 Å². The average Bonchev–Trinajstić information content (AvgIpc) is 2.37. The molecule has 2 unspecified atom stereocenters. The molecule has 0 saturated heterocycles. The molecule has 0 heterocycles. The first-order valence-electron chi connectivity index (χ1n) is 8.29. The van der Waals surface area contributed by atoms with Crippen LogP contribution in [0.2, 0.25) is 0 Å². The van der Waals surface area contributed by atoms with Crippen molar-refractivity contribution in [1.29, 1.82) is 0 Å². The van der Waals surface area contributed by atoms with Crippen molar-refractivity contribution in [3.8, 4) is 0 Å². The summed E-state index contributed by atoms with van der Waals surface area (Å²) in [5, 5.41) is 3.65. The van der Waals surface area contributed by atoms with E-state index < -0.39 is 0 Å². The third-order valence-corrected chi connectivity index (χ3v) is 4.28. The molecule has 0 aromatic heterocycles. The van der Waals surface area contributed by atoms with Crippen LogP contribution in [-0.4, -0.2) is 37.6 Å². The number of hydrogen-bond donors (Lipinski definition) is 1. The molecule has 0 spiro atoms. The zero-order chi connectivity index (χ0) is 14.9. The average molecular weight is 271 g/mol. The lowest BCUT2D eigenvalue weighted by Crippen LogP contribution is -2.44. The van der Waals surface area contributed by atoms with Crippen LogP contribution in [0.5, 0.6) is 0 Å². The summed E-state index contributed by atoms with van der Waals surface area (Å²) in [6, 6.07) is 0. The Morgan fingerprint density at radius 3 is 2.16 bits per heavy atom. The highest BCUT2D eigenvalue weighted by molar-refractivity contribution is 4.80. The van der Waals surface area contributed by atoms with E-state index in [2.05, 4.69) is 58.7 Å². The Balaban J connectivity index is 4.30. The van der Waals surface area contributed by atoms with Gasteiger partial charge in [-0.1, -0.05) is 54.9 Å². The quantitative estimate of drug-likeness (QED) is 0.610. The first-order chi connectivity index (χ1) is 8.86. The molecule has 2 heteroatoms. The molecule has 2 atom stereocenters. The molecule has 0 radical (unpaired) electrons. The van der Waals surface area contributed by atoms with Crippen molar-refractivity contribution < 1.29 is 0 Å². The SMILES string of the molecule is CCC(C)CN(CC)CC(C)(CC)CNCC(C)C. The largest absolute Gasteiger partial charge is 0.316 e. The molecule has 0 aliphatic rings. The molecule has 2 nitrogen and oxygen atoms in total. The molecule has 0 aliphatic heterocycles. The highest BCUT2D eigenvalue weighted by Crippen LogP contribution is 2.22. The lowest BCUT2D eigenvalue weighted by Gasteiger charge is -2.36. The van der Waals surface area contributed by atoms with Gasteiger partial charge in [0.15, 0.2) is 0 Å². The van der Waals surface area contributed by atoms with Crippen LogP contribution in [0.1, 0.15) is 61.3 Å². The summed E-state index contributed by atoms with van der Waals surface area (Å²) in [6.45, 7) is 22.2. The Kier molecular flexibility index (Phi) is 9.72. The van der Waals surface area contributed by atoms with Gasteiger partial charge in [-0.15, -0.1) is 0 Å². The summed E-state index contributed by atoms with van der Waals surface area (Å²) in [5.41, 5.74) is 0.401. The Hall–Kier alpha value is -0.0800. The summed E-state index contributed by atoms with van der Waals surface area (Å²) < 4.78 is 0. The minimum Gasteiger partial charge on any atom is -0.316 e. The fraction of sp³-hybridized carbons (Fsp3) is 1.00. The molecule has 0 saturated carbocycles. The van der Waals surface area contributed by atoms with Crippen molar-refractivity contribution in [3.05, 3.63) is 0 Å². The fourth-order valence-corrected chi connectivity index (χ4v) is 2.37. The normalized spacial score (nSPS) is 16.9. The maximum atomic E-state index is 3.65. The van der Waals surface area contributed by atoms with Gasteiger partial charge in [-0.2, -0.15) is 0 Å². The van der Waals surface area contributed by atoms with Gasteiger partial charge < -0.3 is 10.2 Å². The van der Waals surface area contributed by atoms with Crippen LogP contribution < -0.4 is 5.32 Å². The van der Waals surface area contributed by atoms with E-state index in [0.29, 0.717) is 5.41 Å². The molecule has 0 amide bonds. The van der Waals surface area contributed by atoms with Crippen molar-refractivity contribution in [2.45, 2.75) is 61.3 Å². The first-order valence-corrected chi connectivity index (χ1v) is 8.29. The topological polar surface area (TPSA) is 15.3 Å². The fourth-order valence-electron chi connectivity index (χ4n) is 2.37. The van der Waals surface area contributed by atoms with Crippen molar-refractivity contribution in [2.24, 2.45) is 17.3 Å². The summed E-state index contributed by atoms with van der Waals surface area (Å²) in [5.74, 6) is 1.55. The van der Waals surface area contributed by atoms with Gasteiger partial charge in [0.2, 0.25) is 0 Å². The molecule has 0 rings (SSSR count). The molecule has 19 heavy (non-hydrogen) atoms. The summed E-state index contributed by atoms with van der Waals surface area (Å²) in [7, 11) is 0. The zero-order valence-corrected chi connectivity index (χ0v) is 14.6. The van der Waals surface area contributed by atoms with E-state index in [9.17, 15) is 0 Å². The number of hydrogen-bond acceptors (Lipinski definition) is 2. The van der Waals surface area contributed by atoms with Gasteiger partial charge >= 0.3 is 0 Å². The van der Waals surface area contributed by atoms with Crippen LogP contribution >= 0.6 is 0 Å². The Morgan fingerprint density at radius 1 is 1.11 bits per heavy atom. The van der Waals surface area contributed by atoms with Crippen LogP contribution in [0.15, 0.2) is 0 Å². The van der Waals surface area contributed by atoms with Crippen LogP contribution in [0.25, 0.3) is 0 Å². The second-order valence-electron chi connectivity index (χ2n) is 7.03. The predicted octanol–water partition coefficient (Wildman–Crippen LogP) is 4.02. The molecule has 1 N–H and O–H groups in total. The maximum absolute atomic E-state index is 3.65. The van der Waals surface area contributed by atoms with Crippen LogP contribution in [0.3, 0.4) is 0 Å². The third kappa shape index (κ3) is 8.65. The minimum absolute atomic E-state index is 0.401. The van der Waals surface area contributed by atoms with Crippen molar-refractivity contribution in [3.63, 3.8) is 0 Å². The molecular formula is C17H38N2. The molecular weight excluding hydrogens is 232 g/mol. The molecule has 0 bridgehead atoms. The number of nitrogens with one attached hydrogen (secondary N) is 1. The molecule has 116 valence electrons. The monoisotopic (exact) mass is 270 g/mol. The van der Waals surface area contributed by atoms with Gasteiger partial charge in [0, 0.05) is 19.6 Å². The van der Waals surface area contributed by atoms with E-state index in [0.717, 1.165) is 24.9 Å². The predicted molar refractivity (Wildman–Crippen MR) is 87.7 cm³/mol. The Bertz CT molecular complexity index is 215. The van der Waals surface area contributed by atoms with E-state index in [4.69, 9.17) is 0 Å². The van der Waals surface area contributed by atoms with Crippen molar-refractivity contribution in [1.82, 2.24) is 10.2 Å². The zero-order valence-electron chi connectivity index (χ0n) is 14.6. The van der Waals surface area contributed by atoms with Crippen LogP contribution in [-0.2, 0) is 0 Å². The summed E-state index contributed by atoms with van der Waals surface area (Å²) in [6.07, 6.45) is 2.53. The second kappa shape index (κ2) is 9.77. The molecule has 0 aromatic carbocycles. The van der Waals surface area contributed by atoms with Gasteiger partial charge in [-0.25, -0.2) is 0 Å². The standard InChI is InChI=1S/C17H38N2/c1-8-16(6)12-19(10-3)14-17(7,9-2)13-18-11-15(4)5/h15-16,18H,8-14H2,1-7H3. The van der Waals surface area contributed by atoms with Crippen LogP contribution in [0, 0.1) is 17.3 Å². The van der Waals surface area contributed by atoms with Gasteiger partial charge in [0.05, 0.1) is 0 Å². The highest BCUT2D eigenvalue weighted by Gasteiger charge is 2.25. The van der Waals surface area contributed by atoms with Crippen molar-refractivity contribution in [2.75, 3.05) is 32.7 Å². The maximum Gasteiger partial charge on any atom is 0.00474 e. The first kappa shape index (κ1) is 18.9. The molecule has 0 aliphatic carbocycles. The lowest BCUT2D eigenvalue weighted by molar-refractivity contribution is 0.143. The summed E-state index contributed by atoms with van der Waals surface area (Å²) >= 11 is 0. The van der Waals surface area contributed by atoms with E-state index in [1.807, 2.05) is 0 Å². The highest BCUT2D eigenvalue weighted by atomic mass is 15.1. The third-order valence-electron chi connectivity index (χ3n) is 4.28.